The van der Waals surface area contributed by atoms with Crippen molar-refractivity contribution >= 4 is 0 Å². The summed E-state index contributed by atoms with van der Waals surface area (Å²) >= 11 is 0. The number of rotatable bonds is 3. The van der Waals surface area contributed by atoms with Gasteiger partial charge in [0.15, 0.2) is 0 Å². The van der Waals surface area contributed by atoms with Crippen LogP contribution in [0.5, 0.6) is 11.8 Å². The van der Waals surface area contributed by atoms with Crippen LogP contribution < -0.4 is 11.1 Å². The third kappa shape index (κ3) is 2.57. The molecule has 0 radical (unpaired) electrons. The molecule has 0 atom stereocenters. The van der Waals surface area contributed by atoms with Gasteiger partial charge in [0.1, 0.15) is 0 Å². The minimum absolute atomic E-state index is 0.146. The van der Waals surface area contributed by atoms with E-state index in [1.54, 1.807) is 30.3 Å². The molecule has 2 heterocycles. The van der Waals surface area contributed by atoms with Crippen molar-refractivity contribution < 1.29 is 10.2 Å². The maximum atomic E-state index is 12.2. The summed E-state index contributed by atoms with van der Waals surface area (Å²) in [5.74, 6) is -2.07. The van der Waals surface area contributed by atoms with Crippen LogP contribution in [-0.4, -0.2) is 30.1 Å². The molecular weight excluding hydrogens is 300 g/mol. The van der Waals surface area contributed by atoms with Crippen LogP contribution in [-0.2, 0) is 0 Å². The fourth-order valence-electron chi connectivity index (χ4n) is 2.45. The van der Waals surface area contributed by atoms with Crippen molar-refractivity contribution in [2.24, 2.45) is 0 Å². The largest absolute Gasteiger partial charge is 0.493 e. The van der Waals surface area contributed by atoms with Gasteiger partial charge >= 0.3 is 0 Å². The number of aromatic nitrogens is 4. The molecule has 2 aromatic heterocycles. The number of nitrogens with one attached hydrogen (secondary N) is 2. The fraction of sp³-hybridized carbons (Fsp3) is 0.0667. The molecule has 8 nitrogen and oxygen atoms in total. The normalized spacial score (nSPS) is 10.8. The molecule has 0 bridgehead atoms. The lowest BCUT2D eigenvalue weighted by Crippen LogP contribution is -2.24. The van der Waals surface area contributed by atoms with Gasteiger partial charge in [-0.2, -0.15) is 0 Å². The Kier molecular flexibility index (Phi) is 3.63. The Bertz CT molecular complexity index is 890. The number of hydrogen-bond acceptors (Lipinski definition) is 6. The fourth-order valence-corrected chi connectivity index (χ4v) is 2.45. The lowest BCUT2D eigenvalue weighted by atomic mass is 9.87. The Morgan fingerprint density at radius 1 is 0.826 bits per heavy atom. The number of aromatic amines is 2. The van der Waals surface area contributed by atoms with Crippen LogP contribution in [0.4, 0.5) is 0 Å². The van der Waals surface area contributed by atoms with Crippen molar-refractivity contribution in [3.8, 4) is 11.8 Å². The molecule has 116 valence electrons. The zero-order valence-corrected chi connectivity index (χ0v) is 11.7. The number of benzene rings is 1. The summed E-state index contributed by atoms with van der Waals surface area (Å²) in [4.78, 5) is 36.4. The minimum atomic E-state index is -1.02. The molecule has 3 aromatic rings. The van der Waals surface area contributed by atoms with E-state index in [0.29, 0.717) is 5.56 Å². The molecule has 0 aliphatic rings. The molecule has 0 fully saturated rings. The molecule has 0 unspecified atom stereocenters. The number of H-pyrrole nitrogens is 2. The van der Waals surface area contributed by atoms with Crippen LogP contribution in [0, 0.1) is 0 Å². The van der Waals surface area contributed by atoms with E-state index in [-0.39, 0.29) is 11.1 Å². The first-order chi connectivity index (χ1) is 11.1. The Balaban J connectivity index is 2.37. The van der Waals surface area contributed by atoms with Gasteiger partial charge < -0.3 is 20.2 Å². The summed E-state index contributed by atoms with van der Waals surface area (Å²) in [6, 6.07) is 8.53. The van der Waals surface area contributed by atoms with E-state index in [1.165, 1.54) is 0 Å². The second kappa shape index (κ2) is 5.76. The van der Waals surface area contributed by atoms with Gasteiger partial charge in [0, 0.05) is 0 Å². The van der Waals surface area contributed by atoms with E-state index in [1.807, 2.05) is 0 Å². The first-order valence-electron chi connectivity index (χ1n) is 6.67. The molecule has 0 aliphatic carbocycles. The molecule has 0 spiro atoms. The number of nitrogens with zero attached hydrogens (tertiary/aromatic N) is 2. The summed E-state index contributed by atoms with van der Waals surface area (Å²) in [5.41, 5.74) is -1.00. The van der Waals surface area contributed by atoms with Crippen LogP contribution >= 0.6 is 0 Å². The Morgan fingerprint density at radius 3 is 1.74 bits per heavy atom. The highest BCUT2D eigenvalue weighted by molar-refractivity contribution is 5.47. The van der Waals surface area contributed by atoms with Crippen molar-refractivity contribution in [2.75, 3.05) is 0 Å². The zero-order valence-electron chi connectivity index (χ0n) is 11.7. The molecule has 0 amide bonds. The highest BCUT2D eigenvalue weighted by Gasteiger charge is 2.29. The monoisotopic (exact) mass is 312 g/mol. The third-order valence-electron chi connectivity index (χ3n) is 3.45. The first kappa shape index (κ1) is 14.5. The predicted molar refractivity (Wildman–Crippen MR) is 80.4 cm³/mol. The van der Waals surface area contributed by atoms with Crippen LogP contribution in [0.25, 0.3) is 0 Å². The van der Waals surface area contributed by atoms with Gasteiger partial charge in [0.25, 0.3) is 11.1 Å². The van der Waals surface area contributed by atoms with E-state index in [4.69, 9.17) is 0 Å². The van der Waals surface area contributed by atoms with Gasteiger partial charge in [-0.05, 0) is 5.56 Å². The van der Waals surface area contributed by atoms with Gasteiger partial charge in [-0.15, -0.1) is 0 Å². The maximum Gasteiger partial charge on any atom is 0.258 e. The Morgan fingerprint density at radius 2 is 1.30 bits per heavy atom. The standard InChI is InChI=1S/C15H12N4O4/c20-12-10(13(21)17-6-16-12)9(8-4-2-1-3-5-8)11-14(22)18-7-19-15(11)23/h1-7,9H,(H2,16,17,20,21)(H2,18,19,22,23). The molecule has 8 heteroatoms. The second-order valence-electron chi connectivity index (χ2n) is 4.78. The van der Waals surface area contributed by atoms with Gasteiger partial charge in [0.05, 0.1) is 29.7 Å². The van der Waals surface area contributed by atoms with Crippen molar-refractivity contribution in [1.29, 1.82) is 0 Å². The van der Waals surface area contributed by atoms with Crippen molar-refractivity contribution in [1.82, 2.24) is 19.9 Å². The van der Waals surface area contributed by atoms with E-state index < -0.39 is 28.8 Å². The second-order valence-corrected chi connectivity index (χ2v) is 4.78. The Hall–Kier alpha value is -3.42. The van der Waals surface area contributed by atoms with Gasteiger partial charge in [-0.3, -0.25) is 9.59 Å². The number of aromatic hydroxyl groups is 2. The van der Waals surface area contributed by atoms with Crippen molar-refractivity contribution in [3.05, 3.63) is 80.4 Å². The summed E-state index contributed by atoms with van der Waals surface area (Å²) in [6.45, 7) is 0. The molecule has 1 aromatic carbocycles. The zero-order chi connectivity index (χ0) is 16.4. The van der Waals surface area contributed by atoms with Crippen LogP contribution in [0.15, 0.2) is 52.6 Å². The van der Waals surface area contributed by atoms with Crippen LogP contribution in [0.1, 0.15) is 22.6 Å². The lowest BCUT2D eigenvalue weighted by Gasteiger charge is -2.17. The van der Waals surface area contributed by atoms with E-state index in [9.17, 15) is 19.8 Å². The summed E-state index contributed by atoms with van der Waals surface area (Å²) in [6.07, 6.45) is 2.10. The van der Waals surface area contributed by atoms with Gasteiger partial charge in [0.2, 0.25) is 11.8 Å². The van der Waals surface area contributed by atoms with Gasteiger partial charge in [-0.25, -0.2) is 9.97 Å². The Labute approximate surface area is 129 Å². The average molecular weight is 312 g/mol. The molecule has 3 rings (SSSR count). The van der Waals surface area contributed by atoms with Crippen molar-refractivity contribution in [2.45, 2.75) is 5.92 Å². The van der Waals surface area contributed by atoms with Crippen molar-refractivity contribution in [3.63, 3.8) is 0 Å². The quantitative estimate of drug-likeness (QED) is 0.555. The first-order valence-corrected chi connectivity index (χ1v) is 6.67. The molecule has 23 heavy (non-hydrogen) atoms. The smallest absolute Gasteiger partial charge is 0.258 e. The van der Waals surface area contributed by atoms with E-state index in [2.05, 4.69) is 19.9 Å². The number of hydrogen-bond donors (Lipinski definition) is 4. The topological polar surface area (TPSA) is 132 Å². The molecule has 0 saturated carbocycles. The highest BCUT2D eigenvalue weighted by atomic mass is 16.3. The molecule has 0 saturated heterocycles. The predicted octanol–water partition coefficient (Wildman–Crippen LogP) is 0.445. The molecule has 4 N–H and O–H groups in total. The highest BCUT2D eigenvalue weighted by Crippen LogP contribution is 2.34. The summed E-state index contributed by atoms with van der Waals surface area (Å²) in [7, 11) is 0. The summed E-state index contributed by atoms with van der Waals surface area (Å²) < 4.78 is 0. The summed E-state index contributed by atoms with van der Waals surface area (Å²) in [5, 5.41) is 20.0. The molecule has 0 aliphatic heterocycles. The average Bonchev–Trinajstić information content (AvgIpc) is 2.53. The minimum Gasteiger partial charge on any atom is -0.493 e. The van der Waals surface area contributed by atoms with Crippen LogP contribution in [0.3, 0.4) is 0 Å². The van der Waals surface area contributed by atoms with E-state index >= 15 is 0 Å². The van der Waals surface area contributed by atoms with E-state index in [0.717, 1.165) is 12.7 Å². The van der Waals surface area contributed by atoms with Gasteiger partial charge in [-0.1, -0.05) is 30.3 Å². The maximum absolute atomic E-state index is 12.2. The lowest BCUT2D eigenvalue weighted by molar-refractivity contribution is 0.432. The third-order valence-corrected chi connectivity index (χ3v) is 3.45. The van der Waals surface area contributed by atoms with Crippen LogP contribution in [0.2, 0.25) is 0 Å². The SMILES string of the molecule is O=c1[nH]cnc(O)c1C(c1ccccc1)c1c(O)nc[nH]c1=O. The molecular formula is C15H12N4O4.